The van der Waals surface area contributed by atoms with Gasteiger partial charge in [-0.1, -0.05) is 6.92 Å². The van der Waals surface area contributed by atoms with Gasteiger partial charge in [0.05, 0.1) is 0 Å². The molecule has 0 radical (unpaired) electrons. The summed E-state index contributed by atoms with van der Waals surface area (Å²) in [5.41, 5.74) is 6.68. The second-order valence-electron chi connectivity index (χ2n) is 2.99. The Bertz CT molecular complexity index is 263. The number of pyridine rings is 1. The Hall–Kier alpha value is -1.42. The van der Waals surface area contributed by atoms with E-state index in [-0.39, 0.29) is 6.42 Å². The Morgan fingerprint density at radius 1 is 1.47 bits per heavy atom. The van der Waals surface area contributed by atoms with Crippen molar-refractivity contribution in [3.8, 4) is 0 Å². The lowest BCUT2D eigenvalue weighted by Gasteiger charge is -1.96. The van der Waals surface area contributed by atoms with Gasteiger partial charge in [-0.15, -0.1) is 0 Å². The zero-order chi connectivity index (χ0) is 11.5. The molecular weight excluding hydrogens is 192 g/mol. The molecule has 0 saturated carbocycles. The summed E-state index contributed by atoms with van der Waals surface area (Å²) < 4.78 is 0. The third kappa shape index (κ3) is 8.90. The van der Waals surface area contributed by atoms with Crippen LogP contribution < -0.4 is 5.73 Å². The first-order valence-corrected chi connectivity index (χ1v) is 5.01. The Morgan fingerprint density at radius 3 is 2.40 bits per heavy atom. The number of carboxylic acid groups (broad SMARTS) is 1. The number of nitrogens with two attached hydrogens (primary N) is 1. The molecule has 4 nitrogen and oxygen atoms in total. The van der Waals surface area contributed by atoms with Gasteiger partial charge in [0, 0.05) is 18.8 Å². The average molecular weight is 210 g/mol. The Labute approximate surface area is 90.1 Å². The van der Waals surface area contributed by atoms with Crippen LogP contribution in [0.15, 0.2) is 24.5 Å². The van der Waals surface area contributed by atoms with Crippen molar-refractivity contribution in [2.45, 2.75) is 26.2 Å². The van der Waals surface area contributed by atoms with E-state index in [2.05, 4.69) is 4.98 Å². The standard InChI is InChI=1S/C8H12N2.C3H6O2/c9-5-1-2-8-3-6-10-7-4-8;1-2-3(4)5/h3-4,6-7H,1-2,5,9H2;2H2,1H3,(H,4,5). The number of aliphatic carboxylic acids is 1. The van der Waals surface area contributed by atoms with Crippen molar-refractivity contribution in [1.82, 2.24) is 4.98 Å². The van der Waals surface area contributed by atoms with Crippen LogP contribution in [0.1, 0.15) is 25.3 Å². The van der Waals surface area contributed by atoms with Gasteiger partial charge < -0.3 is 10.8 Å². The van der Waals surface area contributed by atoms with E-state index in [4.69, 9.17) is 10.8 Å². The molecule has 1 rings (SSSR count). The molecule has 0 atom stereocenters. The maximum Gasteiger partial charge on any atom is 0.303 e. The molecule has 15 heavy (non-hydrogen) atoms. The molecule has 0 bridgehead atoms. The van der Waals surface area contributed by atoms with Crippen LogP contribution in [0.2, 0.25) is 0 Å². The molecule has 0 aliphatic heterocycles. The largest absolute Gasteiger partial charge is 0.481 e. The maximum atomic E-state index is 9.37. The summed E-state index contributed by atoms with van der Waals surface area (Å²) in [6.45, 7) is 2.37. The van der Waals surface area contributed by atoms with Gasteiger partial charge >= 0.3 is 5.97 Å². The average Bonchev–Trinajstić information content (AvgIpc) is 2.28. The predicted molar refractivity (Wildman–Crippen MR) is 59.5 cm³/mol. The Kier molecular flexibility index (Phi) is 8.28. The van der Waals surface area contributed by atoms with Gasteiger partial charge in [-0.3, -0.25) is 9.78 Å². The van der Waals surface area contributed by atoms with Crippen molar-refractivity contribution in [2.24, 2.45) is 5.73 Å². The number of carboxylic acids is 1. The molecule has 1 aromatic rings. The fourth-order valence-corrected chi connectivity index (χ4v) is 0.856. The topological polar surface area (TPSA) is 76.2 Å². The molecular formula is C11H18N2O2. The summed E-state index contributed by atoms with van der Waals surface area (Å²) in [7, 11) is 0. The van der Waals surface area contributed by atoms with Crippen LogP contribution in [-0.2, 0) is 11.2 Å². The van der Waals surface area contributed by atoms with Gasteiger partial charge in [-0.05, 0) is 37.1 Å². The first-order valence-electron chi connectivity index (χ1n) is 5.01. The second kappa shape index (κ2) is 9.15. The summed E-state index contributed by atoms with van der Waals surface area (Å²) in [5, 5.41) is 7.72. The molecule has 0 amide bonds. The summed E-state index contributed by atoms with van der Waals surface area (Å²) >= 11 is 0. The molecule has 0 spiro atoms. The van der Waals surface area contributed by atoms with E-state index in [9.17, 15) is 4.79 Å². The molecule has 1 heterocycles. The lowest BCUT2D eigenvalue weighted by molar-refractivity contribution is -0.136. The second-order valence-corrected chi connectivity index (χ2v) is 2.99. The van der Waals surface area contributed by atoms with Crippen LogP contribution in [0.3, 0.4) is 0 Å². The summed E-state index contributed by atoms with van der Waals surface area (Å²) in [5.74, 6) is -0.745. The summed E-state index contributed by atoms with van der Waals surface area (Å²) in [6.07, 6.45) is 5.97. The number of carbonyl (C=O) groups is 1. The minimum absolute atomic E-state index is 0.222. The van der Waals surface area contributed by atoms with Crippen molar-refractivity contribution in [1.29, 1.82) is 0 Å². The predicted octanol–water partition coefficient (Wildman–Crippen LogP) is 1.45. The fourth-order valence-electron chi connectivity index (χ4n) is 0.856. The van der Waals surface area contributed by atoms with E-state index < -0.39 is 5.97 Å². The number of hydrogen-bond donors (Lipinski definition) is 2. The number of aromatic nitrogens is 1. The van der Waals surface area contributed by atoms with Crippen molar-refractivity contribution >= 4 is 5.97 Å². The van der Waals surface area contributed by atoms with Gasteiger partial charge in [-0.25, -0.2) is 0 Å². The Balaban J connectivity index is 0.000000336. The number of hydrogen-bond acceptors (Lipinski definition) is 3. The maximum absolute atomic E-state index is 9.37. The highest BCUT2D eigenvalue weighted by atomic mass is 16.4. The van der Waals surface area contributed by atoms with Crippen LogP contribution in [0, 0.1) is 0 Å². The van der Waals surface area contributed by atoms with Crippen LogP contribution >= 0.6 is 0 Å². The van der Waals surface area contributed by atoms with Gasteiger partial charge in [0.1, 0.15) is 0 Å². The first kappa shape index (κ1) is 13.6. The fraction of sp³-hybridized carbons (Fsp3) is 0.455. The molecule has 84 valence electrons. The van der Waals surface area contributed by atoms with Crippen molar-refractivity contribution in [2.75, 3.05) is 6.54 Å². The van der Waals surface area contributed by atoms with Crippen LogP contribution in [-0.4, -0.2) is 22.6 Å². The normalized spacial score (nSPS) is 8.93. The van der Waals surface area contributed by atoms with Crippen LogP contribution in [0.4, 0.5) is 0 Å². The quantitative estimate of drug-likeness (QED) is 0.788. The molecule has 0 unspecified atom stereocenters. The van der Waals surface area contributed by atoms with Gasteiger partial charge in [0.2, 0.25) is 0 Å². The van der Waals surface area contributed by atoms with E-state index in [0.717, 1.165) is 19.4 Å². The Morgan fingerprint density at radius 2 is 2.00 bits per heavy atom. The molecule has 0 aliphatic rings. The molecule has 1 aromatic heterocycles. The highest BCUT2D eigenvalue weighted by Crippen LogP contribution is 1.98. The molecule has 0 aliphatic carbocycles. The third-order valence-corrected chi connectivity index (χ3v) is 1.72. The molecule has 0 fully saturated rings. The lowest BCUT2D eigenvalue weighted by atomic mass is 10.1. The summed E-state index contributed by atoms with van der Waals surface area (Å²) in [4.78, 5) is 13.3. The minimum atomic E-state index is -0.745. The molecule has 3 N–H and O–H groups in total. The van der Waals surface area contributed by atoms with Crippen molar-refractivity contribution in [3.63, 3.8) is 0 Å². The summed E-state index contributed by atoms with van der Waals surface area (Å²) in [6, 6.07) is 4.05. The number of rotatable bonds is 4. The van der Waals surface area contributed by atoms with Crippen LogP contribution in [0.25, 0.3) is 0 Å². The molecule has 0 saturated heterocycles. The van der Waals surface area contributed by atoms with Gasteiger partial charge in [0.25, 0.3) is 0 Å². The van der Waals surface area contributed by atoms with E-state index >= 15 is 0 Å². The SMILES string of the molecule is CCC(=O)O.NCCCc1ccncc1. The molecule has 4 heteroatoms. The molecule has 0 aromatic carbocycles. The smallest absolute Gasteiger partial charge is 0.303 e. The highest BCUT2D eigenvalue weighted by molar-refractivity contribution is 5.66. The van der Waals surface area contributed by atoms with E-state index in [1.807, 2.05) is 24.5 Å². The van der Waals surface area contributed by atoms with E-state index in [1.165, 1.54) is 5.56 Å². The third-order valence-electron chi connectivity index (χ3n) is 1.72. The zero-order valence-corrected chi connectivity index (χ0v) is 9.02. The van der Waals surface area contributed by atoms with E-state index in [0.29, 0.717) is 0 Å². The van der Waals surface area contributed by atoms with E-state index in [1.54, 1.807) is 6.92 Å². The van der Waals surface area contributed by atoms with Crippen molar-refractivity contribution in [3.05, 3.63) is 30.1 Å². The number of aryl methyl sites for hydroxylation is 1. The zero-order valence-electron chi connectivity index (χ0n) is 9.02. The first-order chi connectivity index (χ1) is 7.20. The monoisotopic (exact) mass is 210 g/mol. The van der Waals surface area contributed by atoms with Crippen LogP contribution in [0.5, 0.6) is 0 Å². The van der Waals surface area contributed by atoms with Crippen molar-refractivity contribution < 1.29 is 9.90 Å². The van der Waals surface area contributed by atoms with Gasteiger partial charge in [-0.2, -0.15) is 0 Å². The minimum Gasteiger partial charge on any atom is -0.481 e. The highest BCUT2D eigenvalue weighted by Gasteiger charge is 1.88. The number of nitrogens with zero attached hydrogens (tertiary/aromatic N) is 1. The van der Waals surface area contributed by atoms with Gasteiger partial charge in [0.15, 0.2) is 0 Å². The lowest BCUT2D eigenvalue weighted by Crippen LogP contribution is -2.00.